The SMILES string of the molecule is C[C@@H]([C@H]1CC[C@@]2(C)[C@H]3CC[C@H]4CCCC[C@@]45C[C@@]35CC[C@]12C)N(C)C. The summed E-state index contributed by atoms with van der Waals surface area (Å²) in [5.41, 5.74) is 2.81. The van der Waals surface area contributed by atoms with Crippen molar-refractivity contribution < 1.29 is 0 Å². The summed E-state index contributed by atoms with van der Waals surface area (Å²) in [6.07, 6.45) is 17.1. The molecule has 8 atom stereocenters. The fourth-order valence-electron chi connectivity index (χ4n) is 9.84. The summed E-state index contributed by atoms with van der Waals surface area (Å²) in [7, 11) is 4.61. The van der Waals surface area contributed by atoms with E-state index in [2.05, 4.69) is 39.8 Å². The van der Waals surface area contributed by atoms with Crippen LogP contribution in [0.3, 0.4) is 0 Å². The Balaban J connectivity index is 1.50. The molecule has 0 heterocycles. The summed E-state index contributed by atoms with van der Waals surface area (Å²) in [5.74, 6) is 3.07. The third-order valence-corrected chi connectivity index (χ3v) is 11.5. The smallest absolute Gasteiger partial charge is 0.00945 e. The van der Waals surface area contributed by atoms with Gasteiger partial charge < -0.3 is 4.90 Å². The molecule has 0 aliphatic heterocycles. The van der Waals surface area contributed by atoms with Gasteiger partial charge in [-0.15, -0.1) is 0 Å². The van der Waals surface area contributed by atoms with Crippen molar-refractivity contribution in [2.75, 3.05) is 14.1 Å². The minimum atomic E-state index is 0.581. The summed E-state index contributed by atoms with van der Waals surface area (Å²) in [5, 5.41) is 0. The van der Waals surface area contributed by atoms with Crippen molar-refractivity contribution >= 4 is 0 Å². The minimum Gasteiger partial charge on any atom is -0.306 e. The number of hydrogen-bond acceptors (Lipinski definition) is 1. The van der Waals surface area contributed by atoms with Crippen LogP contribution in [0.15, 0.2) is 0 Å². The molecule has 5 aliphatic carbocycles. The molecule has 0 aromatic heterocycles. The predicted molar refractivity (Wildman–Crippen MR) is 105 cm³/mol. The highest BCUT2D eigenvalue weighted by Crippen LogP contribution is 2.87. The fourth-order valence-corrected chi connectivity index (χ4v) is 9.84. The Morgan fingerprint density at radius 2 is 1.60 bits per heavy atom. The first-order chi connectivity index (χ1) is 11.8. The Morgan fingerprint density at radius 1 is 0.800 bits per heavy atom. The lowest BCUT2D eigenvalue weighted by molar-refractivity contribution is -0.128. The van der Waals surface area contributed by atoms with Crippen LogP contribution < -0.4 is 0 Å². The van der Waals surface area contributed by atoms with Gasteiger partial charge in [-0.3, -0.25) is 0 Å². The van der Waals surface area contributed by atoms with E-state index in [0.717, 1.165) is 34.6 Å². The normalized spacial score (nSPS) is 58.1. The molecule has 1 heteroatoms. The molecule has 5 fully saturated rings. The van der Waals surface area contributed by atoms with Crippen LogP contribution >= 0.6 is 0 Å². The van der Waals surface area contributed by atoms with Crippen LogP contribution in [0, 0.1) is 39.4 Å². The van der Waals surface area contributed by atoms with Crippen molar-refractivity contribution in [2.24, 2.45) is 39.4 Å². The fraction of sp³-hybridized carbons (Fsp3) is 1.00. The first-order valence-electron chi connectivity index (χ1n) is 11.5. The maximum atomic E-state index is 2.76. The first-order valence-corrected chi connectivity index (χ1v) is 11.5. The lowest BCUT2D eigenvalue weighted by Gasteiger charge is -2.61. The lowest BCUT2D eigenvalue weighted by Crippen LogP contribution is -2.55. The third-order valence-electron chi connectivity index (χ3n) is 11.5. The highest BCUT2D eigenvalue weighted by Gasteiger charge is 2.80. The summed E-state index contributed by atoms with van der Waals surface area (Å²) in [6.45, 7) is 7.98. The third kappa shape index (κ3) is 1.81. The second kappa shape index (κ2) is 5.06. The zero-order chi connectivity index (χ0) is 17.7. The van der Waals surface area contributed by atoms with Crippen LogP contribution in [0.5, 0.6) is 0 Å². The Bertz CT molecular complexity index is 568. The van der Waals surface area contributed by atoms with Gasteiger partial charge >= 0.3 is 0 Å². The molecule has 0 aromatic carbocycles. The Labute approximate surface area is 156 Å². The zero-order valence-corrected chi connectivity index (χ0v) is 17.5. The largest absolute Gasteiger partial charge is 0.306 e. The van der Waals surface area contributed by atoms with Gasteiger partial charge in [0.1, 0.15) is 0 Å². The van der Waals surface area contributed by atoms with Crippen molar-refractivity contribution in [1.82, 2.24) is 4.90 Å². The van der Waals surface area contributed by atoms with Gasteiger partial charge in [-0.1, -0.05) is 26.7 Å². The molecule has 5 aliphatic rings. The van der Waals surface area contributed by atoms with E-state index in [4.69, 9.17) is 0 Å². The van der Waals surface area contributed by atoms with E-state index in [1.807, 2.05) is 0 Å². The van der Waals surface area contributed by atoms with Gasteiger partial charge in [0.05, 0.1) is 0 Å². The van der Waals surface area contributed by atoms with Gasteiger partial charge in [0.15, 0.2) is 0 Å². The van der Waals surface area contributed by atoms with Crippen LogP contribution in [-0.4, -0.2) is 25.0 Å². The molecule has 142 valence electrons. The van der Waals surface area contributed by atoms with E-state index in [0.29, 0.717) is 10.8 Å². The Morgan fingerprint density at radius 3 is 2.36 bits per heavy atom. The monoisotopic (exact) mass is 343 g/mol. The molecule has 25 heavy (non-hydrogen) atoms. The van der Waals surface area contributed by atoms with Crippen LogP contribution in [0.25, 0.3) is 0 Å². The molecular weight excluding hydrogens is 302 g/mol. The highest BCUT2D eigenvalue weighted by molar-refractivity contribution is 5.28. The molecule has 0 amide bonds. The van der Waals surface area contributed by atoms with Crippen LogP contribution in [0.1, 0.15) is 91.4 Å². The van der Waals surface area contributed by atoms with Crippen molar-refractivity contribution in [3.63, 3.8) is 0 Å². The summed E-state index contributed by atoms with van der Waals surface area (Å²) < 4.78 is 0. The van der Waals surface area contributed by atoms with Gasteiger partial charge in [-0.05, 0) is 118 Å². The maximum Gasteiger partial charge on any atom is 0.00945 e. The van der Waals surface area contributed by atoms with Crippen LogP contribution in [-0.2, 0) is 0 Å². The van der Waals surface area contributed by atoms with Crippen LogP contribution in [0.2, 0.25) is 0 Å². The number of rotatable bonds is 2. The van der Waals surface area contributed by atoms with E-state index in [1.54, 1.807) is 44.9 Å². The standard InChI is InChI=1S/C24H41N/c1-17(25(4)5)19-11-13-22(3)20-10-9-18-8-6-7-12-23(18)16-24(20,23)15-14-21(19,22)2/h17-20H,6-16H2,1-5H3/t17-,18+,19+,20+,21+,22-,23+,24-/m0/s1. The topological polar surface area (TPSA) is 3.24 Å². The zero-order valence-electron chi connectivity index (χ0n) is 17.5. The predicted octanol–water partition coefficient (Wildman–Crippen LogP) is 6.13. The molecular formula is C24H41N. The Hall–Kier alpha value is -0.0400. The molecule has 0 bridgehead atoms. The lowest BCUT2D eigenvalue weighted by atomic mass is 9.43. The average Bonchev–Trinajstić information content (AvgIpc) is 3.16. The molecule has 5 rings (SSSR count). The van der Waals surface area contributed by atoms with Crippen molar-refractivity contribution in [1.29, 1.82) is 0 Å². The summed E-state index contributed by atoms with van der Waals surface area (Å²) >= 11 is 0. The molecule has 0 radical (unpaired) electrons. The average molecular weight is 344 g/mol. The van der Waals surface area contributed by atoms with Gasteiger partial charge in [-0.25, -0.2) is 0 Å². The number of nitrogens with zero attached hydrogens (tertiary/aromatic N) is 1. The van der Waals surface area contributed by atoms with Crippen molar-refractivity contribution in [3.05, 3.63) is 0 Å². The second-order valence-electron chi connectivity index (χ2n) is 11.7. The van der Waals surface area contributed by atoms with Gasteiger partial charge in [-0.2, -0.15) is 0 Å². The van der Waals surface area contributed by atoms with E-state index >= 15 is 0 Å². The molecule has 1 nitrogen and oxygen atoms in total. The molecule has 0 N–H and O–H groups in total. The van der Waals surface area contributed by atoms with E-state index in [1.165, 1.54) is 25.7 Å². The molecule has 2 spiro atoms. The molecule has 0 saturated heterocycles. The van der Waals surface area contributed by atoms with Crippen LogP contribution in [0.4, 0.5) is 0 Å². The molecule has 5 saturated carbocycles. The quantitative estimate of drug-likeness (QED) is 0.583. The summed E-state index contributed by atoms with van der Waals surface area (Å²) in [4.78, 5) is 2.50. The van der Waals surface area contributed by atoms with Crippen molar-refractivity contribution in [2.45, 2.75) is 97.4 Å². The van der Waals surface area contributed by atoms with Crippen molar-refractivity contribution in [3.8, 4) is 0 Å². The van der Waals surface area contributed by atoms with E-state index in [9.17, 15) is 0 Å². The van der Waals surface area contributed by atoms with Gasteiger partial charge in [0, 0.05) is 6.04 Å². The first kappa shape index (κ1) is 17.1. The number of fused-ring (bicyclic) bond motifs is 2. The molecule has 0 aromatic rings. The van der Waals surface area contributed by atoms with E-state index < -0.39 is 0 Å². The second-order valence-corrected chi connectivity index (χ2v) is 11.7. The molecule has 0 unspecified atom stereocenters. The van der Waals surface area contributed by atoms with Gasteiger partial charge in [0.25, 0.3) is 0 Å². The minimum absolute atomic E-state index is 0.581. The number of hydrogen-bond donors (Lipinski definition) is 0. The van der Waals surface area contributed by atoms with Gasteiger partial charge in [0.2, 0.25) is 0 Å². The maximum absolute atomic E-state index is 2.76. The van der Waals surface area contributed by atoms with E-state index in [-0.39, 0.29) is 0 Å². The Kier molecular flexibility index (Phi) is 3.46. The summed E-state index contributed by atoms with van der Waals surface area (Å²) in [6, 6.07) is 0.736. The highest BCUT2D eigenvalue weighted by atomic mass is 15.1.